The number of rotatable bonds is 3. The van der Waals surface area contributed by atoms with Gasteiger partial charge in [0.1, 0.15) is 0 Å². The summed E-state index contributed by atoms with van der Waals surface area (Å²) in [6.07, 6.45) is 6.50. The van der Waals surface area contributed by atoms with E-state index in [1.807, 2.05) is 0 Å². The van der Waals surface area contributed by atoms with Gasteiger partial charge >= 0.3 is 0 Å². The molecule has 1 aromatic carbocycles. The van der Waals surface area contributed by atoms with Crippen LogP contribution >= 0.6 is 0 Å². The van der Waals surface area contributed by atoms with E-state index < -0.39 is 0 Å². The third-order valence-electron chi connectivity index (χ3n) is 3.75. The van der Waals surface area contributed by atoms with Crippen molar-refractivity contribution in [3.05, 3.63) is 34.9 Å². The molecule has 0 atom stereocenters. The topological polar surface area (TPSA) is 0 Å². The summed E-state index contributed by atoms with van der Waals surface area (Å²) >= 11 is 0. The van der Waals surface area contributed by atoms with Crippen molar-refractivity contribution >= 4 is 0 Å². The van der Waals surface area contributed by atoms with E-state index in [0.29, 0.717) is 5.41 Å². The molecule has 0 aromatic heterocycles. The van der Waals surface area contributed by atoms with Gasteiger partial charge in [-0.25, -0.2) is 0 Å². The van der Waals surface area contributed by atoms with Gasteiger partial charge in [0.05, 0.1) is 0 Å². The fourth-order valence-electron chi connectivity index (χ4n) is 2.76. The Morgan fingerprint density at radius 2 is 1.87 bits per heavy atom. The van der Waals surface area contributed by atoms with Crippen LogP contribution in [0.5, 0.6) is 0 Å². The molecular formula is C15H22. The Hall–Kier alpha value is -0.780. The summed E-state index contributed by atoms with van der Waals surface area (Å²) in [5, 5.41) is 0. The Labute approximate surface area is 93.7 Å². The second kappa shape index (κ2) is 4.00. The summed E-state index contributed by atoms with van der Waals surface area (Å²) in [6.45, 7) is 7.01. The van der Waals surface area contributed by atoms with Crippen molar-refractivity contribution in [1.29, 1.82) is 0 Å². The molecule has 0 heterocycles. The summed E-state index contributed by atoms with van der Waals surface area (Å²) in [4.78, 5) is 0. The van der Waals surface area contributed by atoms with Crippen LogP contribution in [0.2, 0.25) is 0 Å². The lowest BCUT2D eigenvalue weighted by Crippen LogP contribution is -2.16. The van der Waals surface area contributed by atoms with E-state index in [1.165, 1.54) is 37.7 Å². The van der Waals surface area contributed by atoms with Gasteiger partial charge < -0.3 is 0 Å². The average molecular weight is 202 g/mol. The lowest BCUT2D eigenvalue weighted by molar-refractivity contribution is 0.473. The molecule has 0 nitrogen and oxygen atoms in total. The first-order valence-corrected chi connectivity index (χ1v) is 6.26. The minimum Gasteiger partial charge on any atom is -0.0654 e. The summed E-state index contributed by atoms with van der Waals surface area (Å²) < 4.78 is 0. The zero-order valence-electron chi connectivity index (χ0n) is 10.3. The van der Waals surface area contributed by atoms with Gasteiger partial charge in [0.2, 0.25) is 0 Å². The Bertz CT molecular complexity index is 347. The van der Waals surface area contributed by atoms with Crippen LogP contribution in [-0.2, 0) is 18.3 Å². The molecule has 0 N–H and O–H groups in total. The summed E-state index contributed by atoms with van der Waals surface area (Å²) in [7, 11) is 0. The summed E-state index contributed by atoms with van der Waals surface area (Å²) in [5.41, 5.74) is 5.08. The van der Waals surface area contributed by atoms with Crippen molar-refractivity contribution in [1.82, 2.24) is 0 Å². The van der Waals surface area contributed by atoms with Gasteiger partial charge in [-0.2, -0.15) is 0 Å². The second-order valence-electron chi connectivity index (χ2n) is 5.47. The number of hydrogen-bond donors (Lipinski definition) is 0. The Morgan fingerprint density at radius 1 is 1.13 bits per heavy atom. The predicted octanol–water partition coefficient (Wildman–Crippen LogP) is 4.25. The molecular weight excluding hydrogens is 180 g/mol. The highest BCUT2D eigenvalue weighted by Gasteiger charge is 2.21. The molecule has 0 amide bonds. The van der Waals surface area contributed by atoms with Crippen LogP contribution in [0, 0.1) is 0 Å². The second-order valence-corrected chi connectivity index (χ2v) is 5.47. The lowest BCUT2D eigenvalue weighted by atomic mass is 9.80. The summed E-state index contributed by atoms with van der Waals surface area (Å²) in [6, 6.07) is 7.16. The Kier molecular flexibility index (Phi) is 2.86. The maximum Gasteiger partial charge on any atom is -0.0104 e. The molecule has 15 heavy (non-hydrogen) atoms. The van der Waals surface area contributed by atoms with Gasteiger partial charge in [0.25, 0.3) is 0 Å². The molecule has 1 aliphatic rings. The first kappa shape index (κ1) is 10.7. The molecule has 0 fully saturated rings. The zero-order valence-corrected chi connectivity index (χ0v) is 10.3. The standard InChI is InChI=1S/C15H22/c1-4-10-15(2,3)14-9-8-12-6-5-7-13(12)11-14/h8-9,11H,4-7,10H2,1-3H3. The molecule has 0 spiro atoms. The van der Waals surface area contributed by atoms with E-state index in [0.717, 1.165) is 0 Å². The molecule has 0 aliphatic heterocycles. The van der Waals surface area contributed by atoms with Gasteiger partial charge in [-0.15, -0.1) is 0 Å². The molecule has 0 radical (unpaired) electrons. The van der Waals surface area contributed by atoms with Crippen LogP contribution in [0.1, 0.15) is 56.7 Å². The molecule has 0 saturated heterocycles. The monoisotopic (exact) mass is 202 g/mol. The Balaban J connectivity index is 2.29. The lowest BCUT2D eigenvalue weighted by Gasteiger charge is -2.25. The normalized spacial score (nSPS) is 15.4. The maximum absolute atomic E-state index is 2.46. The van der Waals surface area contributed by atoms with E-state index in [2.05, 4.69) is 39.0 Å². The highest BCUT2D eigenvalue weighted by Crippen LogP contribution is 2.32. The molecule has 0 saturated carbocycles. The average Bonchev–Trinajstić information content (AvgIpc) is 2.63. The highest BCUT2D eigenvalue weighted by molar-refractivity contribution is 5.38. The van der Waals surface area contributed by atoms with Crippen LogP contribution in [0.25, 0.3) is 0 Å². The van der Waals surface area contributed by atoms with Crippen LogP contribution in [0.3, 0.4) is 0 Å². The van der Waals surface area contributed by atoms with Gasteiger partial charge in [0, 0.05) is 0 Å². The molecule has 2 rings (SSSR count). The smallest absolute Gasteiger partial charge is 0.0104 e. The van der Waals surface area contributed by atoms with Crippen LogP contribution in [0.4, 0.5) is 0 Å². The van der Waals surface area contributed by atoms with Crippen molar-refractivity contribution in [2.75, 3.05) is 0 Å². The molecule has 1 aliphatic carbocycles. The highest BCUT2D eigenvalue weighted by atomic mass is 14.3. The van der Waals surface area contributed by atoms with E-state index in [9.17, 15) is 0 Å². The Morgan fingerprint density at radius 3 is 2.60 bits per heavy atom. The van der Waals surface area contributed by atoms with Crippen LogP contribution < -0.4 is 0 Å². The minimum atomic E-state index is 0.354. The number of fused-ring (bicyclic) bond motifs is 1. The van der Waals surface area contributed by atoms with E-state index >= 15 is 0 Å². The van der Waals surface area contributed by atoms with Crippen molar-refractivity contribution in [2.24, 2.45) is 0 Å². The van der Waals surface area contributed by atoms with E-state index in [-0.39, 0.29) is 0 Å². The van der Waals surface area contributed by atoms with Gasteiger partial charge in [-0.05, 0) is 47.8 Å². The summed E-state index contributed by atoms with van der Waals surface area (Å²) in [5.74, 6) is 0. The third kappa shape index (κ3) is 2.09. The van der Waals surface area contributed by atoms with Gasteiger partial charge in [-0.3, -0.25) is 0 Å². The van der Waals surface area contributed by atoms with E-state index in [4.69, 9.17) is 0 Å². The largest absolute Gasteiger partial charge is 0.0654 e. The maximum atomic E-state index is 2.46. The first-order chi connectivity index (χ1) is 7.13. The number of benzene rings is 1. The minimum absolute atomic E-state index is 0.354. The number of hydrogen-bond acceptors (Lipinski definition) is 0. The van der Waals surface area contributed by atoms with Gasteiger partial charge in [-0.1, -0.05) is 45.4 Å². The van der Waals surface area contributed by atoms with Gasteiger partial charge in [0.15, 0.2) is 0 Å². The molecule has 82 valence electrons. The van der Waals surface area contributed by atoms with E-state index in [1.54, 1.807) is 11.1 Å². The van der Waals surface area contributed by atoms with Crippen molar-refractivity contribution in [3.8, 4) is 0 Å². The molecule has 0 heteroatoms. The predicted molar refractivity (Wildman–Crippen MR) is 66.4 cm³/mol. The SMILES string of the molecule is CCCC(C)(C)c1ccc2c(c1)CCC2. The van der Waals surface area contributed by atoms with Crippen LogP contribution in [-0.4, -0.2) is 0 Å². The molecule has 0 unspecified atom stereocenters. The molecule has 0 bridgehead atoms. The molecule has 1 aromatic rings. The van der Waals surface area contributed by atoms with Crippen molar-refractivity contribution in [3.63, 3.8) is 0 Å². The fourth-order valence-corrected chi connectivity index (χ4v) is 2.76. The number of aryl methyl sites for hydroxylation is 2. The quantitative estimate of drug-likeness (QED) is 0.687. The first-order valence-electron chi connectivity index (χ1n) is 6.26. The van der Waals surface area contributed by atoms with Crippen molar-refractivity contribution in [2.45, 2.75) is 58.3 Å². The van der Waals surface area contributed by atoms with Crippen LogP contribution in [0.15, 0.2) is 18.2 Å². The fraction of sp³-hybridized carbons (Fsp3) is 0.600. The van der Waals surface area contributed by atoms with Crippen molar-refractivity contribution < 1.29 is 0 Å². The third-order valence-corrected chi connectivity index (χ3v) is 3.75. The zero-order chi connectivity index (χ0) is 10.9.